The van der Waals surface area contributed by atoms with Crippen LogP contribution in [0.5, 0.6) is 0 Å². The van der Waals surface area contributed by atoms with Crippen LogP contribution in [0.2, 0.25) is 0 Å². The summed E-state index contributed by atoms with van der Waals surface area (Å²) in [5.74, 6) is 0. The first kappa shape index (κ1) is 19.5. The minimum atomic E-state index is -1.19. The highest BCUT2D eigenvalue weighted by Crippen LogP contribution is 2.27. The van der Waals surface area contributed by atoms with Crippen molar-refractivity contribution in [2.24, 2.45) is 0 Å². The Bertz CT molecular complexity index is 938. The quantitative estimate of drug-likeness (QED) is 0.542. The van der Waals surface area contributed by atoms with Crippen molar-refractivity contribution in [3.8, 4) is 0 Å². The first-order valence-corrected chi connectivity index (χ1v) is 10.7. The summed E-state index contributed by atoms with van der Waals surface area (Å²) in [5, 5.41) is 0. The van der Waals surface area contributed by atoms with Crippen molar-refractivity contribution in [2.45, 2.75) is 40.5 Å². The first-order chi connectivity index (χ1) is 14.0. The van der Waals surface area contributed by atoms with Gasteiger partial charge in [0.1, 0.15) is 6.15 Å². The van der Waals surface area contributed by atoms with Gasteiger partial charge < -0.3 is 0 Å². The van der Waals surface area contributed by atoms with E-state index < -0.39 is 6.15 Å². The topological polar surface area (TPSA) is 0 Å². The van der Waals surface area contributed by atoms with Crippen LogP contribution in [0.4, 0.5) is 0 Å². The van der Waals surface area contributed by atoms with Crippen LogP contribution in [-0.2, 0) is 0 Å². The van der Waals surface area contributed by atoms with E-state index in [1.54, 1.807) is 0 Å². The number of hydrogen-bond donors (Lipinski definition) is 0. The van der Waals surface area contributed by atoms with Crippen LogP contribution in [0.25, 0.3) is 0 Å². The number of hydrogen-bond acceptors (Lipinski definition) is 0. The molecule has 0 heterocycles. The Morgan fingerprint density at radius 2 is 0.862 bits per heavy atom. The van der Waals surface area contributed by atoms with Crippen LogP contribution < -0.4 is 16.4 Å². The van der Waals surface area contributed by atoms with Crippen LogP contribution in [0.3, 0.4) is 0 Å². The molecule has 0 aromatic heterocycles. The largest absolute Gasteiger partial charge is 0.217 e. The van der Waals surface area contributed by atoms with Crippen molar-refractivity contribution in [3.63, 3.8) is 0 Å². The van der Waals surface area contributed by atoms with E-state index >= 15 is 0 Å². The number of benzene rings is 3. The van der Waals surface area contributed by atoms with E-state index in [4.69, 9.17) is 0 Å². The lowest BCUT2D eigenvalue weighted by Crippen LogP contribution is -2.68. The van der Waals surface area contributed by atoms with Crippen molar-refractivity contribution in [2.75, 3.05) is 0 Å². The van der Waals surface area contributed by atoms with Gasteiger partial charge in [-0.05, 0) is 34.1 Å². The van der Waals surface area contributed by atoms with E-state index in [0.717, 1.165) is 12.8 Å². The molecular weight excluding hydrogens is 347 g/mol. The van der Waals surface area contributed by atoms with Gasteiger partial charge in [0.15, 0.2) is 0 Å². The first-order valence-electron chi connectivity index (χ1n) is 10.7. The molecule has 29 heavy (non-hydrogen) atoms. The molecule has 0 saturated carbocycles. The monoisotopic (exact) mass is 377 g/mol. The highest BCUT2D eigenvalue weighted by Gasteiger charge is 2.33. The summed E-state index contributed by atoms with van der Waals surface area (Å²) in [6.45, 7) is 8.75. The average Bonchev–Trinajstić information content (AvgIpc) is 2.73. The molecule has 0 radical (unpaired) electrons. The summed E-state index contributed by atoms with van der Waals surface area (Å²) in [6.07, 6.45) is 5.79. The van der Waals surface area contributed by atoms with Gasteiger partial charge in [-0.15, -0.1) is 6.08 Å². The predicted molar refractivity (Wildman–Crippen MR) is 129 cm³/mol. The fourth-order valence-corrected chi connectivity index (χ4v) is 4.90. The summed E-state index contributed by atoms with van der Waals surface area (Å²) in [5.41, 5.74) is 11.1. The molecule has 0 aliphatic heterocycles. The molecule has 146 valence electrons. The second-order valence-electron chi connectivity index (χ2n) is 8.85. The number of allylic oxidation sites excluding steroid dienone is 4. The molecule has 3 aromatic carbocycles. The average molecular weight is 377 g/mol. The van der Waals surface area contributed by atoms with Crippen LogP contribution in [-0.4, -0.2) is 6.15 Å². The van der Waals surface area contributed by atoms with E-state index in [-0.39, 0.29) is 0 Å². The third kappa shape index (κ3) is 3.62. The lowest BCUT2D eigenvalue weighted by molar-refractivity contribution is 0.941. The Hall–Kier alpha value is -2.80. The molecule has 4 rings (SSSR count). The summed E-state index contributed by atoms with van der Waals surface area (Å²) >= 11 is 0. The van der Waals surface area contributed by atoms with E-state index in [9.17, 15) is 0 Å². The summed E-state index contributed by atoms with van der Waals surface area (Å²) < 4.78 is 0. The molecule has 1 aliphatic carbocycles. The molecule has 0 saturated heterocycles. The second kappa shape index (κ2) is 7.91. The van der Waals surface area contributed by atoms with E-state index in [1.165, 1.54) is 44.1 Å². The Morgan fingerprint density at radius 3 is 1.17 bits per heavy atom. The summed E-state index contributed by atoms with van der Waals surface area (Å²) in [4.78, 5) is 0. The zero-order valence-corrected chi connectivity index (χ0v) is 18.1. The normalized spacial score (nSPS) is 14.3. The maximum absolute atomic E-state index is 2.40. The molecule has 0 bridgehead atoms. The van der Waals surface area contributed by atoms with E-state index in [2.05, 4.69) is 113 Å². The molecule has 0 amide bonds. The Labute approximate surface area is 175 Å². The van der Waals surface area contributed by atoms with Gasteiger partial charge in [0.25, 0.3) is 0 Å². The van der Waals surface area contributed by atoms with Gasteiger partial charge in [0.2, 0.25) is 0 Å². The maximum Gasteiger partial charge on any atom is 0.103 e. The van der Waals surface area contributed by atoms with Crippen LogP contribution in [0, 0.1) is 20.8 Å². The number of rotatable bonds is 4. The molecule has 0 N–H and O–H groups in total. The zero-order valence-electron chi connectivity index (χ0n) is 18.1. The van der Waals surface area contributed by atoms with E-state index in [0.29, 0.717) is 0 Å². The van der Waals surface area contributed by atoms with Crippen LogP contribution in [0.15, 0.2) is 96.0 Å². The van der Waals surface area contributed by atoms with Gasteiger partial charge in [-0.25, -0.2) is 5.47 Å². The van der Waals surface area contributed by atoms with Gasteiger partial charge >= 0.3 is 0 Å². The zero-order chi connectivity index (χ0) is 20.4. The molecule has 1 heteroatoms. The predicted octanol–water partition coefficient (Wildman–Crippen LogP) is 5.29. The SMILES string of the molecule is CC1=CC=C([B-](c2ccc(C)cc2)(c2ccc(C)cc2)c2ccc(C)cc2)CC1. The molecule has 0 unspecified atom stereocenters. The molecule has 1 aliphatic rings. The van der Waals surface area contributed by atoms with Crippen molar-refractivity contribution >= 4 is 22.5 Å². The second-order valence-corrected chi connectivity index (χ2v) is 8.85. The van der Waals surface area contributed by atoms with Crippen molar-refractivity contribution < 1.29 is 0 Å². The summed E-state index contributed by atoms with van der Waals surface area (Å²) in [6, 6.07) is 27.7. The van der Waals surface area contributed by atoms with Gasteiger partial charge in [-0.2, -0.15) is 16.4 Å². The standard InChI is InChI=1S/C28H30B/c1-21-5-13-25(14-6-21)29(26-15-7-22(2)8-16-26,27-17-9-23(3)10-18-27)28-19-11-24(4)12-20-28/h5-11,13-19H,12,20H2,1-4H3/q-1. The van der Waals surface area contributed by atoms with Gasteiger partial charge in [0.05, 0.1) is 0 Å². The highest BCUT2D eigenvalue weighted by atomic mass is 14.2. The third-order valence-electron chi connectivity index (χ3n) is 6.68. The van der Waals surface area contributed by atoms with Crippen molar-refractivity contribution in [1.29, 1.82) is 0 Å². The molecule has 0 fully saturated rings. The lowest BCUT2D eigenvalue weighted by Gasteiger charge is -2.47. The maximum atomic E-state index is 2.40. The van der Waals surface area contributed by atoms with Crippen LogP contribution >= 0.6 is 0 Å². The molecule has 0 nitrogen and oxygen atoms in total. The smallest absolute Gasteiger partial charge is 0.103 e. The highest BCUT2D eigenvalue weighted by molar-refractivity contribution is 7.16. The molecular formula is C28H30B-. The fraction of sp³-hybridized carbons (Fsp3) is 0.214. The fourth-order valence-electron chi connectivity index (χ4n) is 4.90. The van der Waals surface area contributed by atoms with Gasteiger partial charge in [-0.3, -0.25) is 0 Å². The van der Waals surface area contributed by atoms with E-state index in [1.807, 2.05) is 0 Å². The lowest BCUT2D eigenvalue weighted by atomic mass is 9.12. The molecule has 3 aromatic rings. The van der Waals surface area contributed by atoms with Crippen LogP contribution in [0.1, 0.15) is 36.5 Å². The molecule has 0 spiro atoms. The third-order valence-corrected chi connectivity index (χ3v) is 6.68. The van der Waals surface area contributed by atoms with Gasteiger partial charge in [-0.1, -0.05) is 108 Å². The number of aryl methyl sites for hydroxylation is 3. The summed E-state index contributed by atoms with van der Waals surface area (Å²) in [7, 11) is 0. The minimum absolute atomic E-state index is 1.11. The van der Waals surface area contributed by atoms with Crippen molar-refractivity contribution in [3.05, 3.63) is 113 Å². The molecule has 0 atom stereocenters. The Morgan fingerprint density at radius 1 is 0.483 bits per heavy atom. The van der Waals surface area contributed by atoms with Crippen molar-refractivity contribution in [1.82, 2.24) is 0 Å². The Kier molecular flexibility index (Phi) is 5.32. The Balaban J connectivity index is 2.08. The van der Waals surface area contributed by atoms with Gasteiger partial charge in [0, 0.05) is 0 Å². The minimum Gasteiger partial charge on any atom is -0.217 e.